The van der Waals surface area contributed by atoms with Crippen molar-refractivity contribution in [3.8, 4) is 28.7 Å². The Morgan fingerprint density at radius 2 is 1.71 bits per heavy atom. The Morgan fingerprint density at radius 1 is 1.07 bits per heavy atom. The van der Waals surface area contributed by atoms with Crippen molar-refractivity contribution in [2.24, 2.45) is 0 Å². The van der Waals surface area contributed by atoms with Gasteiger partial charge in [-0.05, 0) is 37.3 Å². The molecule has 1 N–H and O–H groups in total. The van der Waals surface area contributed by atoms with Crippen LogP contribution in [-0.4, -0.2) is 42.2 Å². The van der Waals surface area contributed by atoms with E-state index in [2.05, 4.69) is 4.90 Å². The molecule has 1 aliphatic heterocycles. The van der Waals surface area contributed by atoms with Crippen molar-refractivity contribution in [1.29, 1.82) is 0 Å². The normalized spacial score (nSPS) is 13.7. The van der Waals surface area contributed by atoms with Gasteiger partial charge in [-0.15, -0.1) is 0 Å². The smallest absolute Gasteiger partial charge is 0.276 e. The molecule has 0 aliphatic carbocycles. The molecule has 0 atom stereocenters. The molecule has 0 saturated carbocycles. The molecule has 28 heavy (non-hydrogen) atoms. The number of rotatable bonds is 7. The molecule has 0 radical (unpaired) electrons. The van der Waals surface area contributed by atoms with Gasteiger partial charge in [0.1, 0.15) is 11.5 Å². The monoisotopic (exact) mass is 386 g/mol. The van der Waals surface area contributed by atoms with E-state index < -0.39 is 4.92 Å². The molecule has 0 aromatic heterocycles. The molecule has 0 amide bonds. The van der Waals surface area contributed by atoms with Gasteiger partial charge in [0.05, 0.1) is 24.7 Å². The van der Waals surface area contributed by atoms with Crippen molar-refractivity contribution >= 4 is 11.8 Å². The number of nitrogens with zero attached hydrogens (tertiary/aromatic N) is 2. The Balaban J connectivity index is 1.90. The van der Waals surface area contributed by atoms with Crippen LogP contribution in [0.1, 0.15) is 18.4 Å². The van der Waals surface area contributed by atoms with Gasteiger partial charge in [0, 0.05) is 31.3 Å². The first-order valence-electron chi connectivity index (χ1n) is 8.85. The summed E-state index contributed by atoms with van der Waals surface area (Å²) in [5.41, 5.74) is 0.454. The van der Waals surface area contributed by atoms with Crippen LogP contribution in [0.15, 0.2) is 36.5 Å². The lowest BCUT2D eigenvalue weighted by Crippen LogP contribution is -2.10. The van der Waals surface area contributed by atoms with Crippen LogP contribution in [0.4, 0.5) is 5.69 Å². The zero-order chi connectivity index (χ0) is 20.1. The zero-order valence-corrected chi connectivity index (χ0v) is 15.8. The first-order chi connectivity index (χ1) is 13.5. The zero-order valence-electron chi connectivity index (χ0n) is 15.8. The maximum atomic E-state index is 11.3. The van der Waals surface area contributed by atoms with E-state index in [9.17, 15) is 15.2 Å². The van der Waals surface area contributed by atoms with Gasteiger partial charge in [-0.3, -0.25) is 10.1 Å². The summed E-state index contributed by atoms with van der Waals surface area (Å²) in [5.74, 6) is 1.06. The van der Waals surface area contributed by atoms with Gasteiger partial charge in [0.15, 0.2) is 11.5 Å². The van der Waals surface area contributed by atoms with E-state index >= 15 is 0 Å². The standard InChI is InChI=1S/C20H22N2O6/c1-26-18-12-16(13-19(27-2)20(18)23)28-15-5-6-17(22(24)25)14(11-15)7-10-21-8-3-4-9-21/h5-7,10-13,23H,3-4,8-9H2,1-2H3/b10-7+. The van der Waals surface area contributed by atoms with Gasteiger partial charge in [-0.1, -0.05) is 0 Å². The Hall–Kier alpha value is -3.42. The third kappa shape index (κ3) is 4.28. The van der Waals surface area contributed by atoms with Crippen molar-refractivity contribution < 1.29 is 24.2 Å². The quantitative estimate of drug-likeness (QED) is 0.563. The number of hydrogen-bond donors (Lipinski definition) is 1. The minimum absolute atomic E-state index is 0.00339. The van der Waals surface area contributed by atoms with Crippen LogP contribution in [0.3, 0.4) is 0 Å². The molecule has 0 bridgehead atoms. The largest absolute Gasteiger partial charge is 0.502 e. The number of nitro groups is 1. The fraction of sp³-hybridized carbons (Fsp3) is 0.300. The van der Waals surface area contributed by atoms with Gasteiger partial charge < -0.3 is 24.2 Å². The molecule has 1 fully saturated rings. The van der Waals surface area contributed by atoms with Crippen molar-refractivity contribution in [3.05, 3.63) is 52.2 Å². The van der Waals surface area contributed by atoms with Gasteiger partial charge in [0.2, 0.25) is 5.75 Å². The summed E-state index contributed by atoms with van der Waals surface area (Å²) < 4.78 is 16.1. The van der Waals surface area contributed by atoms with Crippen LogP contribution in [0, 0.1) is 10.1 Å². The number of aromatic hydroxyl groups is 1. The highest BCUT2D eigenvalue weighted by Crippen LogP contribution is 2.41. The summed E-state index contributed by atoms with van der Waals surface area (Å²) in [6.45, 7) is 1.90. The lowest BCUT2D eigenvalue weighted by molar-refractivity contribution is -0.385. The van der Waals surface area contributed by atoms with Gasteiger partial charge in [-0.25, -0.2) is 0 Å². The van der Waals surface area contributed by atoms with Gasteiger partial charge in [0.25, 0.3) is 5.69 Å². The summed E-state index contributed by atoms with van der Waals surface area (Å²) >= 11 is 0. The first-order valence-corrected chi connectivity index (χ1v) is 8.85. The number of hydrogen-bond acceptors (Lipinski definition) is 7. The molecule has 2 aromatic rings. The molecule has 1 saturated heterocycles. The van der Waals surface area contributed by atoms with Crippen LogP contribution < -0.4 is 14.2 Å². The Labute approximate surface area is 162 Å². The lowest BCUT2D eigenvalue weighted by atomic mass is 10.1. The van der Waals surface area contributed by atoms with Gasteiger partial charge in [-0.2, -0.15) is 0 Å². The predicted molar refractivity (Wildman–Crippen MR) is 104 cm³/mol. The second kappa shape index (κ2) is 8.51. The highest BCUT2D eigenvalue weighted by atomic mass is 16.6. The molecule has 3 rings (SSSR count). The molecule has 0 spiro atoms. The molecular formula is C20H22N2O6. The highest BCUT2D eigenvalue weighted by Gasteiger charge is 2.16. The summed E-state index contributed by atoms with van der Waals surface area (Å²) in [7, 11) is 2.84. The second-order valence-corrected chi connectivity index (χ2v) is 6.32. The minimum Gasteiger partial charge on any atom is -0.502 e. The fourth-order valence-corrected chi connectivity index (χ4v) is 3.04. The summed E-state index contributed by atoms with van der Waals surface area (Å²) in [5, 5.41) is 21.3. The number of benzene rings is 2. The van der Waals surface area contributed by atoms with Crippen LogP contribution in [0.5, 0.6) is 28.7 Å². The molecule has 2 aromatic carbocycles. The number of methoxy groups -OCH3 is 2. The van der Waals surface area contributed by atoms with E-state index in [-0.39, 0.29) is 22.9 Å². The van der Waals surface area contributed by atoms with Crippen molar-refractivity contribution in [1.82, 2.24) is 4.90 Å². The maximum absolute atomic E-state index is 11.3. The van der Waals surface area contributed by atoms with Crippen molar-refractivity contribution in [2.75, 3.05) is 27.3 Å². The lowest BCUT2D eigenvalue weighted by Gasteiger charge is -2.13. The molecule has 8 nitrogen and oxygen atoms in total. The van der Waals surface area contributed by atoms with E-state index in [1.165, 1.54) is 38.5 Å². The highest BCUT2D eigenvalue weighted by molar-refractivity contribution is 5.63. The van der Waals surface area contributed by atoms with Gasteiger partial charge >= 0.3 is 0 Å². The summed E-state index contributed by atoms with van der Waals surface area (Å²) in [6.07, 6.45) is 5.86. The topological polar surface area (TPSA) is 94.3 Å². The fourth-order valence-electron chi connectivity index (χ4n) is 3.04. The van der Waals surface area contributed by atoms with Crippen molar-refractivity contribution in [3.63, 3.8) is 0 Å². The molecule has 1 aliphatic rings. The Bertz CT molecular complexity index is 865. The predicted octanol–water partition coefficient (Wildman–Crippen LogP) is 4.18. The van der Waals surface area contributed by atoms with Crippen LogP contribution >= 0.6 is 0 Å². The maximum Gasteiger partial charge on any atom is 0.276 e. The molecule has 148 valence electrons. The van der Waals surface area contributed by atoms with Crippen LogP contribution in [-0.2, 0) is 0 Å². The number of phenols is 1. The number of ether oxygens (including phenoxy) is 3. The van der Waals surface area contributed by atoms with E-state index in [0.717, 1.165) is 25.9 Å². The first kappa shape index (κ1) is 19.3. The Morgan fingerprint density at radius 3 is 2.29 bits per heavy atom. The number of phenolic OH excluding ortho intramolecular Hbond substituents is 1. The average molecular weight is 386 g/mol. The SMILES string of the molecule is COc1cc(Oc2ccc([N+](=O)[O-])c(/C=C/N3CCCC3)c2)cc(OC)c1O. The Kier molecular flexibility index (Phi) is 5.88. The molecule has 1 heterocycles. The van der Waals surface area contributed by atoms with Crippen molar-refractivity contribution in [2.45, 2.75) is 12.8 Å². The summed E-state index contributed by atoms with van der Waals surface area (Å²) in [4.78, 5) is 13.1. The van der Waals surface area contributed by atoms with E-state index in [4.69, 9.17) is 14.2 Å². The number of nitro benzene ring substituents is 1. The molecule has 0 unspecified atom stereocenters. The molecule has 8 heteroatoms. The second-order valence-electron chi connectivity index (χ2n) is 6.32. The van der Waals surface area contributed by atoms with E-state index in [1.54, 1.807) is 12.1 Å². The number of likely N-dealkylation sites (tertiary alicyclic amines) is 1. The average Bonchev–Trinajstić information content (AvgIpc) is 3.21. The van der Waals surface area contributed by atoms with E-state index in [0.29, 0.717) is 17.1 Å². The molecular weight excluding hydrogens is 364 g/mol. The minimum atomic E-state index is -0.417. The van der Waals surface area contributed by atoms with Crippen LogP contribution in [0.25, 0.3) is 6.08 Å². The third-order valence-corrected chi connectivity index (χ3v) is 4.49. The van der Waals surface area contributed by atoms with E-state index in [1.807, 2.05) is 6.20 Å². The van der Waals surface area contributed by atoms with Crippen LogP contribution in [0.2, 0.25) is 0 Å². The third-order valence-electron chi connectivity index (χ3n) is 4.49. The summed E-state index contributed by atoms with van der Waals surface area (Å²) in [6, 6.07) is 7.57.